The molecule has 1 amide bonds. The second-order valence-corrected chi connectivity index (χ2v) is 9.15. The first-order valence-corrected chi connectivity index (χ1v) is 11.1. The Morgan fingerprint density at radius 3 is 2.55 bits per heavy atom. The second kappa shape index (κ2) is 8.03. The zero-order valence-electron chi connectivity index (χ0n) is 17.6. The van der Waals surface area contributed by atoms with Crippen molar-refractivity contribution in [2.75, 3.05) is 16.8 Å². The van der Waals surface area contributed by atoms with E-state index in [4.69, 9.17) is 0 Å². The minimum atomic E-state index is 0.0403. The van der Waals surface area contributed by atoms with Crippen LogP contribution in [0.15, 0.2) is 41.8 Å². The van der Waals surface area contributed by atoms with E-state index in [-0.39, 0.29) is 5.91 Å². The summed E-state index contributed by atoms with van der Waals surface area (Å²) in [6, 6.07) is 12.9. The third-order valence-electron chi connectivity index (χ3n) is 5.81. The molecule has 150 valence electrons. The summed E-state index contributed by atoms with van der Waals surface area (Å²) in [7, 11) is 0. The molecule has 2 aromatic carbocycles. The Labute approximate surface area is 177 Å². The molecule has 0 aliphatic carbocycles. The first-order valence-electron chi connectivity index (χ1n) is 10.2. The average Bonchev–Trinajstić information content (AvgIpc) is 3.15. The van der Waals surface area contributed by atoms with E-state index >= 15 is 0 Å². The molecule has 0 atom stereocenters. The molecule has 1 aliphatic rings. The summed E-state index contributed by atoms with van der Waals surface area (Å²) in [5, 5.41) is 5.35. The lowest BCUT2D eigenvalue weighted by Gasteiger charge is -2.30. The van der Waals surface area contributed by atoms with Crippen molar-refractivity contribution >= 4 is 28.6 Å². The van der Waals surface area contributed by atoms with Crippen molar-refractivity contribution in [3.05, 3.63) is 80.0 Å². The predicted octanol–water partition coefficient (Wildman–Crippen LogP) is 5.73. The quantitative estimate of drug-likeness (QED) is 0.603. The van der Waals surface area contributed by atoms with E-state index in [1.165, 1.54) is 21.7 Å². The molecule has 0 radical (unpaired) electrons. The maximum Gasteiger partial charge on any atom is 0.228 e. The minimum Gasteiger partial charge on any atom is -0.367 e. The Balaban J connectivity index is 1.50. The zero-order chi connectivity index (χ0) is 20.5. The molecule has 2 heterocycles. The van der Waals surface area contributed by atoms with E-state index in [9.17, 15) is 4.79 Å². The molecule has 4 heteroatoms. The summed E-state index contributed by atoms with van der Waals surface area (Å²) >= 11 is 1.87. The van der Waals surface area contributed by atoms with E-state index in [1.807, 2.05) is 11.3 Å². The normalized spacial score (nSPS) is 13.3. The standard InChI is InChI=1S/C25H28N2OS/c1-16-5-6-17(2)21(11-16)14-24(28)26-25-18(3)12-22(13-19(25)4)27-9-7-23-20(15-27)8-10-29-23/h5-6,8,10-13H,7,9,14-15H2,1-4H3,(H,26,28). The monoisotopic (exact) mass is 404 g/mol. The molecule has 0 spiro atoms. The summed E-state index contributed by atoms with van der Waals surface area (Å²) in [6.45, 7) is 10.3. The Bertz CT molecular complexity index is 1040. The van der Waals surface area contributed by atoms with Crippen LogP contribution < -0.4 is 10.2 Å². The summed E-state index contributed by atoms with van der Waals surface area (Å²) < 4.78 is 0. The van der Waals surface area contributed by atoms with Gasteiger partial charge < -0.3 is 10.2 Å². The van der Waals surface area contributed by atoms with Crippen molar-refractivity contribution in [1.29, 1.82) is 0 Å². The highest BCUT2D eigenvalue weighted by molar-refractivity contribution is 7.10. The Morgan fingerprint density at radius 1 is 1.03 bits per heavy atom. The van der Waals surface area contributed by atoms with Crippen LogP contribution in [0, 0.1) is 27.7 Å². The van der Waals surface area contributed by atoms with Crippen molar-refractivity contribution in [3.63, 3.8) is 0 Å². The fraction of sp³-hybridized carbons (Fsp3) is 0.320. The number of carbonyl (C=O) groups excluding carboxylic acids is 1. The highest BCUT2D eigenvalue weighted by atomic mass is 32.1. The number of carbonyl (C=O) groups is 1. The van der Waals surface area contributed by atoms with Gasteiger partial charge in [0.15, 0.2) is 0 Å². The van der Waals surface area contributed by atoms with Crippen LogP contribution in [0.3, 0.4) is 0 Å². The first-order chi connectivity index (χ1) is 13.9. The van der Waals surface area contributed by atoms with Crippen molar-refractivity contribution < 1.29 is 4.79 Å². The van der Waals surface area contributed by atoms with Crippen LogP contribution in [0.25, 0.3) is 0 Å². The van der Waals surface area contributed by atoms with Gasteiger partial charge in [-0.2, -0.15) is 0 Å². The fourth-order valence-corrected chi connectivity index (χ4v) is 5.03. The van der Waals surface area contributed by atoms with Gasteiger partial charge in [-0.15, -0.1) is 11.3 Å². The van der Waals surface area contributed by atoms with E-state index in [0.29, 0.717) is 6.42 Å². The van der Waals surface area contributed by atoms with Gasteiger partial charge in [-0.3, -0.25) is 4.79 Å². The molecular weight excluding hydrogens is 376 g/mol. The van der Waals surface area contributed by atoms with Gasteiger partial charge in [0, 0.05) is 29.3 Å². The molecule has 3 aromatic rings. The summed E-state index contributed by atoms with van der Waals surface area (Å²) in [5.41, 5.74) is 9.30. The number of benzene rings is 2. The smallest absolute Gasteiger partial charge is 0.228 e. The molecule has 1 aliphatic heterocycles. The number of amides is 1. The molecule has 3 nitrogen and oxygen atoms in total. The lowest BCUT2D eigenvalue weighted by atomic mass is 10.0. The molecule has 0 fully saturated rings. The van der Waals surface area contributed by atoms with E-state index < -0.39 is 0 Å². The van der Waals surface area contributed by atoms with Crippen molar-refractivity contribution in [3.8, 4) is 0 Å². The number of nitrogens with one attached hydrogen (secondary N) is 1. The van der Waals surface area contributed by atoms with Crippen molar-refractivity contribution in [2.24, 2.45) is 0 Å². The zero-order valence-corrected chi connectivity index (χ0v) is 18.5. The first kappa shape index (κ1) is 19.7. The number of nitrogens with zero attached hydrogens (tertiary/aromatic N) is 1. The summed E-state index contributed by atoms with van der Waals surface area (Å²) in [5.74, 6) is 0.0403. The number of fused-ring (bicyclic) bond motifs is 1. The van der Waals surface area contributed by atoms with Gasteiger partial charge >= 0.3 is 0 Å². The van der Waals surface area contributed by atoms with Gasteiger partial charge in [0.1, 0.15) is 0 Å². The van der Waals surface area contributed by atoms with E-state index in [0.717, 1.165) is 47.5 Å². The summed E-state index contributed by atoms with van der Waals surface area (Å²) in [4.78, 5) is 16.7. The Hall–Kier alpha value is -2.59. The molecule has 4 rings (SSSR count). The highest BCUT2D eigenvalue weighted by Gasteiger charge is 2.19. The molecule has 0 bridgehead atoms. The SMILES string of the molecule is Cc1ccc(C)c(CC(=O)Nc2c(C)cc(N3CCc4sccc4C3)cc2C)c1. The maximum atomic E-state index is 12.7. The average molecular weight is 405 g/mol. The third kappa shape index (κ3) is 4.23. The van der Waals surface area contributed by atoms with E-state index in [1.54, 1.807) is 0 Å². The van der Waals surface area contributed by atoms with Crippen LogP contribution in [0.4, 0.5) is 11.4 Å². The number of aryl methyl sites for hydroxylation is 4. The number of rotatable bonds is 4. The van der Waals surface area contributed by atoms with Gasteiger partial charge in [0.05, 0.1) is 6.42 Å². The van der Waals surface area contributed by atoms with Crippen LogP contribution in [0.1, 0.15) is 38.3 Å². The molecule has 0 unspecified atom stereocenters. The number of thiophene rings is 1. The van der Waals surface area contributed by atoms with Crippen LogP contribution in [0.5, 0.6) is 0 Å². The number of hydrogen-bond acceptors (Lipinski definition) is 3. The topological polar surface area (TPSA) is 32.3 Å². The van der Waals surface area contributed by atoms with Gasteiger partial charge in [-0.05, 0) is 85.5 Å². The summed E-state index contributed by atoms with van der Waals surface area (Å²) in [6.07, 6.45) is 1.51. The molecule has 29 heavy (non-hydrogen) atoms. The van der Waals surface area contributed by atoms with Gasteiger partial charge in [0.25, 0.3) is 0 Å². The van der Waals surface area contributed by atoms with Crippen LogP contribution >= 0.6 is 11.3 Å². The van der Waals surface area contributed by atoms with Gasteiger partial charge in [-0.25, -0.2) is 0 Å². The van der Waals surface area contributed by atoms with E-state index in [2.05, 4.69) is 79.7 Å². The maximum absolute atomic E-state index is 12.7. The number of anilines is 2. The molecule has 0 saturated heterocycles. The predicted molar refractivity (Wildman–Crippen MR) is 123 cm³/mol. The van der Waals surface area contributed by atoms with Crippen LogP contribution in [0.2, 0.25) is 0 Å². The second-order valence-electron chi connectivity index (χ2n) is 8.15. The minimum absolute atomic E-state index is 0.0403. The molecular formula is C25H28N2OS. The number of hydrogen-bond donors (Lipinski definition) is 1. The van der Waals surface area contributed by atoms with Gasteiger partial charge in [-0.1, -0.05) is 23.8 Å². The molecule has 1 aromatic heterocycles. The van der Waals surface area contributed by atoms with Crippen LogP contribution in [-0.4, -0.2) is 12.5 Å². The van der Waals surface area contributed by atoms with Crippen molar-refractivity contribution in [2.45, 2.75) is 47.1 Å². The lowest BCUT2D eigenvalue weighted by Crippen LogP contribution is -2.29. The molecule has 0 saturated carbocycles. The highest BCUT2D eigenvalue weighted by Crippen LogP contribution is 2.32. The third-order valence-corrected chi connectivity index (χ3v) is 6.83. The Kier molecular flexibility index (Phi) is 5.46. The van der Waals surface area contributed by atoms with Crippen molar-refractivity contribution in [1.82, 2.24) is 0 Å². The van der Waals surface area contributed by atoms with Crippen LogP contribution in [-0.2, 0) is 24.2 Å². The lowest BCUT2D eigenvalue weighted by molar-refractivity contribution is -0.115. The Morgan fingerprint density at radius 2 is 1.79 bits per heavy atom. The molecule has 1 N–H and O–H groups in total. The fourth-order valence-electron chi connectivity index (χ4n) is 4.14. The largest absolute Gasteiger partial charge is 0.367 e. The van der Waals surface area contributed by atoms with Gasteiger partial charge in [0.2, 0.25) is 5.91 Å².